The molecule has 0 aliphatic heterocycles. The van der Waals surface area contributed by atoms with Crippen molar-refractivity contribution >= 4 is 33.2 Å². The molecule has 164 valence electrons. The summed E-state index contributed by atoms with van der Waals surface area (Å²) < 4.78 is 63.2. The van der Waals surface area contributed by atoms with Crippen molar-refractivity contribution in [1.29, 1.82) is 0 Å². The summed E-state index contributed by atoms with van der Waals surface area (Å²) in [5, 5.41) is 6.78. The standard InChI is InChI=1S/C20H17ClF3N3O3S/c1-12-9-18(25-19(28)14-5-3-13(4-6-14)11-31(2,29)30)27(26-12)17-10-15(20(22,23)24)7-8-16(17)21/h3-10H,11H2,1-2H3,(H,25,28). The number of nitrogens with zero attached hydrogens (tertiary/aromatic N) is 2. The van der Waals surface area contributed by atoms with Gasteiger partial charge in [-0.15, -0.1) is 0 Å². The molecule has 1 aromatic heterocycles. The summed E-state index contributed by atoms with van der Waals surface area (Å²) in [6.07, 6.45) is -3.46. The van der Waals surface area contributed by atoms with E-state index in [0.717, 1.165) is 29.1 Å². The van der Waals surface area contributed by atoms with E-state index < -0.39 is 27.5 Å². The number of benzene rings is 2. The Morgan fingerprint density at radius 2 is 1.77 bits per heavy atom. The Hall–Kier alpha value is -2.85. The second kappa shape index (κ2) is 8.35. The van der Waals surface area contributed by atoms with Gasteiger partial charge in [0.25, 0.3) is 5.91 Å². The van der Waals surface area contributed by atoms with E-state index in [1.54, 1.807) is 6.92 Å². The van der Waals surface area contributed by atoms with Crippen molar-refractivity contribution in [3.63, 3.8) is 0 Å². The maximum atomic E-state index is 13.1. The van der Waals surface area contributed by atoms with Crippen molar-refractivity contribution in [3.05, 3.63) is 75.9 Å². The van der Waals surface area contributed by atoms with Crippen LogP contribution in [0.1, 0.15) is 27.2 Å². The highest BCUT2D eigenvalue weighted by molar-refractivity contribution is 7.89. The first-order chi connectivity index (χ1) is 14.3. The summed E-state index contributed by atoms with van der Waals surface area (Å²) in [5.41, 5.74) is 0.267. The van der Waals surface area contributed by atoms with E-state index in [0.29, 0.717) is 11.3 Å². The number of hydrogen-bond acceptors (Lipinski definition) is 4. The molecule has 6 nitrogen and oxygen atoms in total. The number of amides is 1. The van der Waals surface area contributed by atoms with Crippen LogP contribution < -0.4 is 5.32 Å². The maximum absolute atomic E-state index is 13.1. The van der Waals surface area contributed by atoms with Gasteiger partial charge < -0.3 is 5.32 Å². The first-order valence-electron chi connectivity index (χ1n) is 8.85. The molecule has 2 aromatic carbocycles. The highest BCUT2D eigenvalue weighted by Crippen LogP contribution is 2.34. The van der Waals surface area contributed by atoms with Crippen molar-refractivity contribution in [1.82, 2.24) is 9.78 Å². The minimum absolute atomic E-state index is 0.0247. The van der Waals surface area contributed by atoms with Crippen molar-refractivity contribution in [2.75, 3.05) is 11.6 Å². The number of sulfone groups is 1. The van der Waals surface area contributed by atoms with E-state index in [4.69, 9.17) is 11.6 Å². The Morgan fingerprint density at radius 3 is 2.35 bits per heavy atom. The molecule has 0 unspecified atom stereocenters. The molecular formula is C20H17ClF3N3O3S. The third kappa shape index (κ3) is 5.65. The monoisotopic (exact) mass is 471 g/mol. The number of alkyl halides is 3. The fourth-order valence-corrected chi connectivity index (χ4v) is 3.86. The van der Waals surface area contributed by atoms with Gasteiger partial charge >= 0.3 is 6.18 Å². The zero-order valence-corrected chi connectivity index (χ0v) is 17.9. The van der Waals surface area contributed by atoms with Gasteiger partial charge in [0, 0.05) is 17.9 Å². The smallest absolute Gasteiger partial charge is 0.306 e. The van der Waals surface area contributed by atoms with Crippen LogP contribution in [-0.2, 0) is 21.8 Å². The Labute approximate surface area is 181 Å². The molecule has 1 amide bonds. The fraction of sp³-hybridized carbons (Fsp3) is 0.200. The topological polar surface area (TPSA) is 81.1 Å². The Kier molecular flexibility index (Phi) is 6.15. The molecule has 3 rings (SSSR count). The number of aryl methyl sites for hydroxylation is 1. The van der Waals surface area contributed by atoms with Gasteiger partial charge in [0.05, 0.1) is 27.7 Å². The molecule has 31 heavy (non-hydrogen) atoms. The fourth-order valence-electron chi connectivity index (χ4n) is 2.87. The van der Waals surface area contributed by atoms with Crippen LogP contribution in [0.15, 0.2) is 48.5 Å². The van der Waals surface area contributed by atoms with Gasteiger partial charge in [0.1, 0.15) is 5.82 Å². The summed E-state index contributed by atoms with van der Waals surface area (Å²) in [6.45, 7) is 1.62. The largest absolute Gasteiger partial charge is 0.416 e. The molecule has 0 spiro atoms. The molecule has 0 saturated carbocycles. The quantitative estimate of drug-likeness (QED) is 0.587. The van der Waals surface area contributed by atoms with Crippen molar-refractivity contribution in [3.8, 4) is 5.69 Å². The number of carbonyl (C=O) groups excluding carboxylic acids is 1. The van der Waals surface area contributed by atoms with Crippen molar-refractivity contribution in [2.24, 2.45) is 0 Å². The SMILES string of the molecule is Cc1cc(NC(=O)c2ccc(CS(C)(=O)=O)cc2)n(-c2cc(C(F)(F)F)ccc2Cl)n1. The van der Waals surface area contributed by atoms with Gasteiger partial charge in [0.15, 0.2) is 9.84 Å². The highest BCUT2D eigenvalue weighted by atomic mass is 35.5. The van der Waals surface area contributed by atoms with Gasteiger partial charge in [-0.3, -0.25) is 4.79 Å². The number of carbonyl (C=O) groups is 1. The van der Waals surface area contributed by atoms with Crippen molar-refractivity contribution < 1.29 is 26.4 Å². The molecule has 3 aromatic rings. The maximum Gasteiger partial charge on any atom is 0.416 e. The first kappa shape index (κ1) is 22.8. The number of anilines is 1. The molecule has 0 aliphatic rings. The van der Waals surface area contributed by atoms with Crippen LogP contribution in [0.4, 0.5) is 19.0 Å². The first-order valence-corrected chi connectivity index (χ1v) is 11.3. The van der Waals surface area contributed by atoms with E-state index in [1.165, 1.54) is 30.3 Å². The summed E-state index contributed by atoms with van der Waals surface area (Å²) in [7, 11) is -3.22. The second-order valence-electron chi connectivity index (χ2n) is 6.97. The predicted molar refractivity (Wildman–Crippen MR) is 111 cm³/mol. The summed E-state index contributed by atoms with van der Waals surface area (Å²) in [4.78, 5) is 12.6. The molecule has 0 aliphatic carbocycles. The van der Waals surface area contributed by atoms with Crippen LogP contribution in [0.2, 0.25) is 5.02 Å². The minimum Gasteiger partial charge on any atom is -0.306 e. The lowest BCUT2D eigenvalue weighted by Gasteiger charge is -2.13. The molecule has 0 fully saturated rings. The molecule has 11 heteroatoms. The lowest BCUT2D eigenvalue weighted by Crippen LogP contribution is -2.16. The van der Waals surface area contributed by atoms with Gasteiger partial charge in [-0.1, -0.05) is 23.7 Å². The van der Waals surface area contributed by atoms with Gasteiger partial charge in [-0.2, -0.15) is 18.3 Å². The van der Waals surface area contributed by atoms with Gasteiger partial charge in [0.2, 0.25) is 0 Å². The number of nitrogens with one attached hydrogen (secondary N) is 1. The third-order valence-electron chi connectivity index (χ3n) is 4.22. The van der Waals surface area contributed by atoms with Gasteiger partial charge in [-0.25, -0.2) is 13.1 Å². The highest BCUT2D eigenvalue weighted by Gasteiger charge is 2.31. The molecule has 0 bridgehead atoms. The number of aromatic nitrogens is 2. The van der Waals surface area contributed by atoms with Crippen LogP contribution in [0.3, 0.4) is 0 Å². The zero-order valence-electron chi connectivity index (χ0n) is 16.4. The number of halogens is 4. The summed E-state index contributed by atoms with van der Waals surface area (Å²) >= 11 is 6.10. The number of hydrogen-bond donors (Lipinski definition) is 1. The second-order valence-corrected chi connectivity index (χ2v) is 9.52. The number of rotatable bonds is 5. The lowest BCUT2D eigenvalue weighted by atomic mass is 10.1. The Bertz CT molecular complexity index is 1240. The molecule has 0 atom stereocenters. The van der Waals surface area contributed by atoms with Crippen LogP contribution in [-0.4, -0.2) is 30.4 Å². The Morgan fingerprint density at radius 1 is 1.13 bits per heavy atom. The average Bonchev–Trinajstić information content (AvgIpc) is 3.00. The van der Waals surface area contributed by atoms with E-state index in [2.05, 4.69) is 10.4 Å². The molecule has 0 saturated heterocycles. The molecule has 0 radical (unpaired) electrons. The van der Waals surface area contributed by atoms with Crippen LogP contribution in [0, 0.1) is 6.92 Å². The van der Waals surface area contributed by atoms with E-state index >= 15 is 0 Å². The van der Waals surface area contributed by atoms with E-state index in [-0.39, 0.29) is 27.8 Å². The predicted octanol–water partition coefficient (Wildman–Crippen LogP) is 4.65. The zero-order chi connectivity index (χ0) is 23.0. The molecular weight excluding hydrogens is 455 g/mol. The van der Waals surface area contributed by atoms with Gasteiger partial charge in [-0.05, 0) is 42.8 Å². The Balaban J connectivity index is 1.90. The van der Waals surface area contributed by atoms with Crippen LogP contribution in [0.25, 0.3) is 5.69 Å². The molecule has 1 N–H and O–H groups in total. The van der Waals surface area contributed by atoms with Crippen LogP contribution >= 0.6 is 11.6 Å². The van der Waals surface area contributed by atoms with Crippen molar-refractivity contribution in [2.45, 2.75) is 18.9 Å². The van der Waals surface area contributed by atoms with E-state index in [9.17, 15) is 26.4 Å². The third-order valence-corrected chi connectivity index (χ3v) is 5.40. The molecule has 1 heterocycles. The minimum atomic E-state index is -4.57. The average molecular weight is 472 g/mol. The lowest BCUT2D eigenvalue weighted by molar-refractivity contribution is -0.137. The van der Waals surface area contributed by atoms with Crippen LogP contribution in [0.5, 0.6) is 0 Å². The normalized spacial score (nSPS) is 12.1. The summed E-state index contributed by atoms with van der Waals surface area (Å²) in [6, 6.07) is 10.3. The van der Waals surface area contributed by atoms with E-state index in [1.807, 2.05) is 0 Å². The summed E-state index contributed by atoms with van der Waals surface area (Å²) in [5.74, 6) is -0.575.